The molecule has 0 heterocycles. The van der Waals surface area contributed by atoms with Crippen molar-refractivity contribution in [1.29, 1.82) is 0 Å². The molecule has 6 heteroatoms. The first kappa shape index (κ1) is 18.9. The number of benzene rings is 1. The molecule has 0 amide bonds. The molecule has 0 aromatic heterocycles. The molecule has 0 spiro atoms. The van der Waals surface area contributed by atoms with Crippen LogP contribution >= 0.6 is 0 Å². The van der Waals surface area contributed by atoms with E-state index < -0.39 is 10.1 Å². The van der Waals surface area contributed by atoms with Gasteiger partial charge in [-0.25, -0.2) is 0 Å². The highest BCUT2D eigenvalue weighted by Gasteiger charge is 2.56. The van der Waals surface area contributed by atoms with Crippen LogP contribution < -0.4 is 0 Å². The van der Waals surface area contributed by atoms with Crippen LogP contribution in [0.3, 0.4) is 0 Å². The first-order valence-corrected chi connectivity index (χ1v) is 9.88. The van der Waals surface area contributed by atoms with Gasteiger partial charge in [0.15, 0.2) is 0 Å². The molecule has 5 nitrogen and oxygen atoms in total. The van der Waals surface area contributed by atoms with E-state index in [9.17, 15) is 13.2 Å². The van der Waals surface area contributed by atoms with Gasteiger partial charge >= 0.3 is 5.97 Å². The lowest BCUT2D eigenvalue weighted by Gasteiger charge is -2.14. The third-order valence-electron chi connectivity index (χ3n) is 4.83. The Morgan fingerprint density at radius 2 is 1.92 bits per heavy atom. The third kappa shape index (κ3) is 4.36. The van der Waals surface area contributed by atoms with Crippen molar-refractivity contribution in [2.24, 2.45) is 11.3 Å². The summed E-state index contributed by atoms with van der Waals surface area (Å²) in [6.07, 6.45) is 3.10. The SMILES string of the molecule is CCOC(=O)C1CC1(CC)CCCOS(=O)(=O)c1ccc(C)cc1. The second-order valence-corrected chi connectivity index (χ2v) is 8.03. The van der Waals surface area contributed by atoms with Gasteiger partial charge in [0.1, 0.15) is 0 Å². The second-order valence-electron chi connectivity index (χ2n) is 6.42. The van der Waals surface area contributed by atoms with Crippen molar-refractivity contribution in [2.75, 3.05) is 13.2 Å². The number of aryl methyl sites for hydroxylation is 1. The van der Waals surface area contributed by atoms with Crippen molar-refractivity contribution in [3.63, 3.8) is 0 Å². The number of rotatable bonds is 9. The van der Waals surface area contributed by atoms with E-state index in [0.717, 1.165) is 24.8 Å². The fraction of sp³-hybridized carbons (Fsp3) is 0.611. The summed E-state index contributed by atoms with van der Waals surface area (Å²) in [6.45, 7) is 6.29. The Morgan fingerprint density at radius 3 is 2.50 bits per heavy atom. The largest absolute Gasteiger partial charge is 0.466 e. The maximum absolute atomic E-state index is 12.1. The predicted molar refractivity (Wildman–Crippen MR) is 91.0 cm³/mol. The van der Waals surface area contributed by atoms with Gasteiger partial charge in [0.25, 0.3) is 10.1 Å². The minimum absolute atomic E-state index is 0.0385. The van der Waals surface area contributed by atoms with Gasteiger partial charge < -0.3 is 4.74 Å². The van der Waals surface area contributed by atoms with E-state index in [-0.39, 0.29) is 28.8 Å². The van der Waals surface area contributed by atoms with Crippen LogP contribution in [0, 0.1) is 18.3 Å². The molecule has 1 saturated carbocycles. The Bertz CT molecular complexity index is 665. The molecule has 1 aliphatic carbocycles. The summed E-state index contributed by atoms with van der Waals surface area (Å²) in [4.78, 5) is 12.0. The van der Waals surface area contributed by atoms with Gasteiger partial charge in [0.05, 0.1) is 24.0 Å². The van der Waals surface area contributed by atoms with E-state index in [1.807, 2.05) is 6.92 Å². The minimum atomic E-state index is -3.71. The quantitative estimate of drug-likeness (QED) is 0.386. The predicted octanol–water partition coefficient (Wildman–Crippen LogP) is 3.46. The maximum Gasteiger partial charge on any atom is 0.309 e. The van der Waals surface area contributed by atoms with Crippen LogP contribution in [0.15, 0.2) is 29.2 Å². The number of hydrogen-bond acceptors (Lipinski definition) is 5. The smallest absolute Gasteiger partial charge is 0.309 e. The summed E-state index contributed by atoms with van der Waals surface area (Å²) in [6, 6.07) is 6.60. The number of ether oxygens (including phenoxy) is 1. The van der Waals surface area contributed by atoms with Gasteiger partial charge in [0, 0.05) is 0 Å². The van der Waals surface area contributed by atoms with Crippen LogP contribution in [0.2, 0.25) is 0 Å². The molecule has 0 aliphatic heterocycles. The molecule has 1 aromatic rings. The molecule has 0 radical (unpaired) electrons. The Morgan fingerprint density at radius 1 is 1.25 bits per heavy atom. The fourth-order valence-electron chi connectivity index (χ4n) is 3.13. The van der Waals surface area contributed by atoms with Crippen molar-refractivity contribution in [1.82, 2.24) is 0 Å². The first-order chi connectivity index (χ1) is 11.3. The molecule has 2 unspecified atom stereocenters. The Balaban J connectivity index is 1.82. The molecular weight excluding hydrogens is 328 g/mol. The summed E-state index contributed by atoms with van der Waals surface area (Å²) >= 11 is 0. The molecule has 24 heavy (non-hydrogen) atoms. The molecule has 1 aromatic carbocycles. The van der Waals surface area contributed by atoms with Gasteiger partial charge in [0.2, 0.25) is 0 Å². The van der Waals surface area contributed by atoms with Crippen LogP contribution in [0.5, 0.6) is 0 Å². The van der Waals surface area contributed by atoms with Gasteiger partial charge in [-0.2, -0.15) is 8.42 Å². The van der Waals surface area contributed by atoms with Crippen LogP contribution in [0.4, 0.5) is 0 Å². The summed E-state index contributed by atoms with van der Waals surface area (Å²) in [7, 11) is -3.71. The average Bonchev–Trinajstić information content (AvgIpc) is 3.28. The first-order valence-electron chi connectivity index (χ1n) is 8.47. The van der Waals surface area contributed by atoms with Crippen LogP contribution in [0.25, 0.3) is 0 Å². The van der Waals surface area contributed by atoms with E-state index in [1.165, 1.54) is 0 Å². The van der Waals surface area contributed by atoms with Gasteiger partial charge in [-0.3, -0.25) is 8.98 Å². The molecule has 2 atom stereocenters. The van der Waals surface area contributed by atoms with Crippen molar-refractivity contribution in [3.05, 3.63) is 29.8 Å². The standard InChI is InChI=1S/C18H26O5S/c1-4-18(13-16(18)17(19)22-5-2)11-6-12-23-24(20,21)15-9-7-14(3)8-10-15/h7-10,16H,4-6,11-13H2,1-3H3. The monoisotopic (exact) mass is 354 g/mol. The number of hydrogen-bond donors (Lipinski definition) is 0. The lowest BCUT2D eigenvalue weighted by Crippen LogP contribution is -2.15. The number of esters is 1. The fourth-order valence-corrected chi connectivity index (χ4v) is 4.08. The maximum atomic E-state index is 12.1. The summed E-state index contributed by atoms with van der Waals surface area (Å²) in [5, 5.41) is 0. The lowest BCUT2D eigenvalue weighted by molar-refractivity contribution is -0.145. The molecule has 0 bridgehead atoms. The Hall–Kier alpha value is -1.40. The van der Waals surface area contributed by atoms with Crippen LogP contribution in [-0.4, -0.2) is 27.6 Å². The molecule has 0 saturated heterocycles. The molecule has 0 N–H and O–H groups in total. The van der Waals surface area contributed by atoms with Crippen molar-refractivity contribution >= 4 is 16.1 Å². The van der Waals surface area contributed by atoms with E-state index in [2.05, 4.69) is 6.92 Å². The van der Waals surface area contributed by atoms with E-state index in [1.54, 1.807) is 31.2 Å². The zero-order chi connectivity index (χ0) is 17.8. The van der Waals surface area contributed by atoms with Gasteiger partial charge in [-0.1, -0.05) is 24.6 Å². The molecule has 1 fully saturated rings. The zero-order valence-corrected chi connectivity index (χ0v) is 15.4. The van der Waals surface area contributed by atoms with Crippen LogP contribution in [0.1, 0.15) is 45.1 Å². The summed E-state index contributed by atoms with van der Waals surface area (Å²) in [5.74, 6) is -0.177. The number of carbonyl (C=O) groups excluding carboxylic acids is 1. The molecule has 1 aliphatic rings. The molecule has 134 valence electrons. The van der Waals surface area contributed by atoms with E-state index >= 15 is 0 Å². The number of carbonyl (C=O) groups is 1. The normalized spacial score (nSPS) is 23.0. The topological polar surface area (TPSA) is 69.7 Å². The van der Waals surface area contributed by atoms with E-state index in [0.29, 0.717) is 13.0 Å². The van der Waals surface area contributed by atoms with Crippen LogP contribution in [-0.2, 0) is 23.8 Å². The Kier molecular flexibility index (Phi) is 6.04. The van der Waals surface area contributed by atoms with E-state index in [4.69, 9.17) is 8.92 Å². The summed E-state index contributed by atoms with van der Waals surface area (Å²) < 4.78 is 34.4. The average molecular weight is 354 g/mol. The summed E-state index contributed by atoms with van der Waals surface area (Å²) in [5.41, 5.74) is 0.959. The van der Waals surface area contributed by atoms with Crippen molar-refractivity contribution in [2.45, 2.75) is 51.3 Å². The lowest BCUT2D eigenvalue weighted by atomic mass is 9.94. The Labute approximate surface area is 144 Å². The highest BCUT2D eigenvalue weighted by atomic mass is 32.2. The zero-order valence-electron chi connectivity index (χ0n) is 14.6. The second kappa shape index (κ2) is 7.66. The van der Waals surface area contributed by atoms with Crippen molar-refractivity contribution in [3.8, 4) is 0 Å². The highest BCUT2D eigenvalue weighted by Crippen LogP contribution is 2.58. The van der Waals surface area contributed by atoms with Crippen molar-refractivity contribution < 1.29 is 22.1 Å². The third-order valence-corrected chi connectivity index (χ3v) is 6.16. The molecule has 2 rings (SSSR count). The van der Waals surface area contributed by atoms with Gasteiger partial charge in [-0.15, -0.1) is 0 Å². The minimum Gasteiger partial charge on any atom is -0.466 e. The highest BCUT2D eigenvalue weighted by molar-refractivity contribution is 7.86. The van der Waals surface area contributed by atoms with Gasteiger partial charge in [-0.05, 0) is 57.1 Å². The molecular formula is C18H26O5S.